The van der Waals surface area contributed by atoms with Crippen LogP contribution in [0.3, 0.4) is 0 Å². The minimum atomic E-state index is 0.185. The van der Waals surface area contributed by atoms with Gasteiger partial charge in [0.25, 0.3) is 0 Å². The second kappa shape index (κ2) is 8.26. The number of hydrogen-bond donors (Lipinski definition) is 2. The number of aromatic nitrogens is 2. The number of nitrogens with zero attached hydrogens (tertiary/aromatic N) is 2. The normalized spacial score (nSPS) is 16.5. The number of H-pyrrole nitrogens is 1. The number of rotatable bonds is 7. The molecule has 23 heavy (non-hydrogen) atoms. The van der Waals surface area contributed by atoms with Gasteiger partial charge < -0.3 is 5.32 Å². The highest BCUT2D eigenvalue weighted by Crippen LogP contribution is 2.17. The van der Waals surface area contributed by atoms with E-state index in [9.17, 15) is 4.79 Å². The lowest BCUT2D eigenvalue weighted by molar-refractivity contribution is -0.122. The molecule has 0 bridgehead atoms. The minimum absolute atomic E-state index is 0.185. The number of likely N-dealkylation sites (tertiary alicyclic amines) is 1. The Labute approximate surface area is 141 Å². The van der Waals surface area contributed by atoms with Crippen LogP contribution in [-0.2, 0) is 17.8 Å². The smallest absolute Gasteiger partial charge is 0.220 e. The lowest BCUT2D eigenvalue weighted by Gasteiger charge is -2.32. The van der Waals surface area contributed by atoms with E-state index < -0.39 is 0 Å². The third kappa shape index (κ3) is 5.18. The summed E-state index contributed by atoms with van der Waals surface area (Å²) >= 11 is 1.82. The van der Waals surface area contributed by atoms with E-state index in [1.807, 2.05) is 23.7 Å². The molecule has 0 saturated carbocycles. The first-order valence-electron chi connectivity index (χ1n) is 8.31. The van der Waals surface area contributed by atoms with Gasteiger partial charge in [0.15, 0.2) is 0 Å². The van der Waals surface area contributed by atoms with E-state index in [0.717, 1.165) is 45.3 Å². The third-order valence-electron chi connectivity index (χ3n) is 4.34. The molecule has 3 heterocycles. The second-order valence-electron chi connectivity index (χ2n) is 6.16. The lowest BCUT2D eigenvalue weighted by Crippen LogP contribution is -2.44. The van der Waals surface area contributed by atoms with E-state index in [-0.39, 0.29) is 5.91 Å². The molecule has 2 aromatic rings. The van der Waals surface area contributed by atoms with Crippen molar-refractivity contribution in [2.45, 2.75) is 44.7 Å². The summed E-state index contributed by atoms with van der Waals surface area (Å²) < 4.78 is 0. The molecule has 2 N–H and O–H groups in total. The Morgan fingerprint density at radius 1 is 1.43 bits per heavy atom. The second-order valence-corrected chi connectivity index (χ2v) is 7.19. The van der Waals surface area contributed by atoms with Crippen LogP contribution in [0.1, 0.15) is 36.1 Å². The highest BCUT2D eigenvalue weighted by Gasteiger charge is 2.20. The average molecular weight is 332 g/mol. The van der Waals surface area contributed by atoms with Crippen molar-refractivity contribution in [1.82, 2.24) is 20.4 Å². The van der Waals surface area contributed by atoms with Gasteiger partial charge in [-0.25, -0.2) is 0 Å². The summed E-state index contributed by atoms with van der Waals surface area (Å²) in [6, 6.07) is 4.64. The molecule has 1 amide bonds. The molecule has 1 saturated heterocycles. The fourth-order valence-corrected chi connectivity index (χ4v) is 3.77. The highest BCUT2D eigenvalue weighted by molar-refractivity contribution is 7.09. The number of thiophene rings is 1. The Kier molecular flexibility index (Phi) is 5.82. The fraction of sp³-hybridized carbons (Fsp3) is 0.529. The van der Waals surface area contributed by atoms with Gasteiger partial charge in [0, 0.05) is 43.2 Å². The number of aromatic amines is 1. The van der Waals surface area contributed by atoms with E-state index in [1.165, 1.54) is 10.4 Å². The summed E-state index contributed by atoms with van der Waals surface area (Å²) in [6.07, 6.45) is 8.20. The van der Waals surface area contributed by atoms with Crippen LogP contribution in [0.2, 0.25) is 0 Å². The Hall–Kier alpha value is -1.66. The molecular formula is C17H24N4OS. The van der Waals surface area contributed by atoms with Gasteiger partial charge in [-0.15, -0.1) is 11.3 Å². The Morgan fingerprint density at radius 2 is 2.30 bits per heavy atom. The largest absolute Gasteiger partial charge is 0.353 e. The molecule has 1 aliphatic heterocycles. The van der Waals surface area contributed by atoms with Crippen molar-refractivity contribution in [1.29, 1.82) is 0 Å². The van der Waals surface area contributed by atoms with E-state index in [0.29, 0.717) is 12.5 Å². The number of hydrogen-bond acceptors (Lipinski definition) is 4. The van der Waals surface area contributed by atoms with Crippen molar-refractivity contribution < 1.29 is 4.79 Å². The summed E-state index contributed by atoms with van der Waals surface area (Å²) in [5.41, 5.74) is 1.17. The molecule has 6 heteroatoms. The topological polar surface area (TPSA) is 61.0 Å². The van der Waals surface area contributed by atoms with Crippen LogP contribution in [0.25, 0.3) is 0 Å². The Bertz CT molecular complexity index is 574. The van der Waals surface area contributed by atoms with Gasteiger partial charge >= 0.3 is 0 Å². The summed E-state index contributed by atoms with van der Waals surface area (Å²) in [5.74, 6) is 0.185. The standard InChI is InChI=1S/C17H24N4OS/c22-17(5-1-3-14-11-18-19-12-14)20-15-6-8-21(9-7-15)13-16-4-2-10-23-16/h2,4,10-12,15H,1,3,5-9,13H2,(H,18,19)(H,20,22). The summed E-state index contributed by atoms with van der Waals surface area (Å²) in [5, 5.41) is 12.0. The molecule has 5 nitrogen and oxygen atoms in total. The van der Waals surface area contributed by atoms with Crippen LogP contribution >= 0.6 is 11.3 Å². The minimum Gasteiger partial charge on any atom is -0.353 e. The molecule has 1 fully saturated rings. The predicted molar refractivity (Wildman–Crippen MR) is 92.3 cm³/mol. The van der Waals surface area contributed by atoms with Crippen LogP contribution in [0.4, 0.5) is 0 Å². The first kappa shape index (κ1) is 16.2. The number of carbonyl (C=O) groups is 1. The highest BCUT2D eigenvalue weighted by atomic mass is 32.1. The zero-order valence-electron chi connectivity index (χ0n) is 13.3. The quantitative estimate of drug-likeness (QED) is 0.819. The summed E-state index contributed by atoms with van der Waals surface area (Å²) in [6.45, 7) is 3.18. The third-order valence-corrected chi connectivity index (χ3v) is 5.20. The Balaban J connectivity index is 1.31. The number of aryl methyl sites for hydroxylation is 1. The molecule has 0 spiro atoms. The molecule has 124 valence electrons. The number of nitrogens with one attached hydrogen (secondary N) is 2. The molecule has 2 aromatic heterocycles. The first-order chi connectivity index (χ1) is 11.3. The first-order valence-corrected chi connectivity index (χ1v) is 9.19. The zero-order valence-corrected chi connectivity index (χ0v) is 14.1. The van der Waals surface area contributed by atoms with Crippen molar-refractivity contribution >= 4 is 17.2 Å². The molecular weight excluding hydrogens is 308 g/mol. The van der Waals surface area contributed by atoms with Gasteiger partial charge in [-0.1, -0.05) is 6.07 Å². The molecule has 0 unspecified atom stereocenters. The van der Waals surface area contributed by atoms with Crippen molar-refractivity contribution in [3.8, 4) is 0 Å². The molecule has 0 aromatic carbocycles. The number of carbonyl (C=O) groups excluding carboxylic acids is 1. The SMILES string of the molecule is O=C(CCCc1cn[nH]c1)NC1CCN(Cc2cccs2)CC1. The molecule has 3 rings (SSSR count). The van der Waals surface area contributed by atoms with Gasteiger partial charge in [0.1, 0.15) is 0 Å². The Morgan fingerprint density at radius 3 is 3.00 bits per heavy atom. The number of amides is 1. The fourth-order valence-electron chi connectivity index (χ4n) is 3.03. The van der Waals surface area contributed by atoms with E-state index >= 15 is 0 Å². The van der Waals surface area contributed by atoms with Crippen molar-refractivity contribution in [3.05, 3.63) is 40.3 Å². The molecule has 0 aliphatic carbocycles. The van der Waals surface area contributed by atoms with E-state index in [1.54, 1.807) is 0 Å². The maximum Gasteiger partial charge on any atom is 0.220 e. The maximum atomic E-state index is 12.0. The van der Waals surface area contributed by atoms with Crippen LogP contribution in [-0.4, -0.2) is 40.1 Å². The van der Waals surface area contributed by atoms with Gasteiger partial charge in [0.05, 0.1) is 6.20 Å². The van der Waals surface area contributed by atoms with Crippen LogP contribution in [0, 0.1) is 0 Å². The monoisotopic (exact) mass is 332 g/mol. The van der Waals surface area contributed by atoms with Gasteiger partial charge in [-0.3, -0.25) is 14.8 Å². The van der Waals surface area contributed by atoms with Gasteiger partial charge in [-0.2, -0.15) is 5.10 Å². The summed E-state index contributed by atoms with van der Waals surface area (Å²) in [4.78, 5) is 15.9. The van der Waals surface area contributed by atoms with Gasteiger partial charge in [0.2, 0.25) is 5.91 Å². The average Bonchev–Trinajstić information content (AvgIpc) is 3.23. The van der Waals surface area contributed by atoms with Crippen molar-refractivity contribution in [3.63, 3.8) is 0 Å². The summed E-state index contributed by atoms with van der Waals surface area (Å²) in [7, 11) is 0. The van der Waals surface area contributed by atoms with Crippen molar-refractivity contribution in [2.24, 2.45) is 0 Å². The zero-order chi connectivity index (χ0) is 15.9. The molecule has 0 atom stereocenters. The van der Waals surface area contributed by atoms with Gasteiger partial charge in [-0.05, 0) is 42.7 Å². The maximum absolute atomic E-state index is 12.0. The molecule has 0 radical (unpaired) electrons. The predicted octanol–water partition coefficient (Wildman–Crippen LogP) is 2.57. The lowest BCUT2D eigenvalue weighted by atomic mass is 10.0. The van der Waals surface area contributed by atoms with E-state index in [4.69, 9.17) is 0 Å². The van der Waals surface area contributed by atoms with Crippen LogP contribution < -0.4 is 5.32 Å². The number of piperidine rings is 1. The van der Waals surface area contributed by atoms with Crippen molar-refractivity contribution in [2.75, 3.05) is 13.1 Å². The van der Waals surface area contributed by atoms with E-state index in [2.05, 4.69) is 37.9 Å². The molecule has 1 aliphatic rings. The van der Waals surface area contributed by atoms with Crippen LogP contribution in [0.5, 0.6) is 0 Å². The van der Waals surface area contributed by atoms with Crippen LogP contribution in [0.15, 0.2) is 29.9 Å².